The molecule has 5 rings (SSSR count). The molecule has 0 amide bonds. The molecule has 10 heteroatoms. The van der Waals surface area contributed by atoms with Crippen molar-refractivity contribution in [1.82, 2.24) is 25.1 Å². The van der Waals surface area contributed by atoms with Crippen LogP contribution in [0.2, 0.25) is 5.02 Å². The molecule has 0 bridgehead atoms. The molecular weight excluding hydrogens is 438 g/mol. The number of halogens is 3. The fraction of sp³-hybridized carbons (Fsp3) is 0.227. The van der Waals surface area contributed by atoms with E-state index in [1.165, 1.54) is 6.07 Å². The molecule has 0 atom stereocenters. The van der Waals surface area contributed by atoms with E-state index < -0.39 is 11.6 Å². The predicted octanol–water partition coefficient (Wildman–Crippen LogP) is 4.50. The summed E-state index contributed by atoms with van der Waals surface area (Å²) >= 11 is 6.43. The van der Waals surface area contributed by atoms with Crippen LogP contribution in [0.3, 0.4) is 0 Å². The average Bonchev–Trinajstić information content (AvgIpc) is 3.20. The van der Waals surface area contributed by atoms with Gasteiger partial charge in [0.1, 0.15) is 17.3 Å². The second-order valence-corrected chi connectivity index (χ2v) is 7.98. The van der Waals surface area contributed by atoms with Crippen LogP contribution in [0.4, 0.5) is 14.6 Å². The lowest BCUT2D eigenvalue weighted by atomic mass is 10.1. The standard InChI is InChI=1S/C22H19ClF2N6O/c1-30-8-10-31(11-9-30)21-18-19(14-4-2-3-5-15(14)23)28-29-20(18)26-22(27-21)32-17-7-6-13(24)12-16(17)25/h2-7,12H,8-11H2,1H3,(H,26,27,28,29). The number of aromatic amines is 1. The first kappa shape index (κ1) is 20.6. The van der Waals surface area contributed by atoms with Gasteiger partial charge in [0, 0.05) is 37.8 Å². The summed E-state index contributed by atoms with van der Waals surface area (Å²) in [6.45, 7) is 3.18. The van der Waals surface area contributed by atoms with Crippen molar-refractivity contribution in [2.75, 3.05) is 38.1 Å². The Labute approximate surface area is 187 Å². The Bertz CT molecular complexity index is 1290. The molecule has 2 aromatic heterocycles. The zero-order valence-electron chi connectivity index (χ0n) is 17.1. The summed E-state index contributed by atoms with van der Waals surface area (Å²) in [5.41, 5.74) is 1.80. The maximum absolute atomic E-state index is 14.1. The smallest absolute Gasteiger partial charge is 0.326 e. The summed E-state index contributed by atoms with van der Waals surface area (Å²) in [6.07, 6.45) is 0. The number of H-pyrrole nitrogens is 1. The van der Waals surface area contributed by atoms with Crippen LogP contribution in [0.1, 0.15) is 0 Å². The third-order valence-electron chi connectivity index (χ3n) is 5.41. The molecule has 0 spiro atoms. The average molecular weight is 457 g/mol. The van der Waals surface area contributed by atoms with Crippen molar-refractivity contribution >= 4 is 28.5 Å². The quantitative estimate of drug-likeness (QED) is 0.487. The van der Waals surface area contributed by atoms with Gasteiger partial charge >= 0.3 is 6.01 Å². The van der Waals surface area contributed by atoms with Crippen molar-refractivity contribution < 1.29 is 13.5 Å². The van der Waals surface area contributed by atoms with E-state index in [-0.39, 0.29) is 11.8 Å². The Balaban J connectivity index is 1.64. The lowest BCUT2D eigenvalue weighted by Gasteiger charge is -2.33. The minimum Gasteiger partial charge on any atom is -0.421 e. The number of hydrogen-bond acceptors (Lipinski definition) is 6. The Morgan fingerprint density at radius 1 is 1.03 bits per heavy atom. The van der Waals surface area contributed by atoms with Gasteiger partial charge in [-0.3, -0.25) is 5.10 Å². The number of likely N-dealkylation sites (N-methyl/N-ethyl adjacent to an activating group) is 1. The highest BCUT2D eigenvalue weighted by Crippen LogP contribution is 2.37. The first-order valence-corrected chi connectivity index (χ1v) is 10.4. The highest BCUT2D eigenvalue weighted by molar-refractivity contribution is 6.33. The molecule has 1 N–H and O–H groups in total. The molecule has 164 valence electrons. The number of aromatic nitrogens is 4. The van der Waals surface area contributed by atoms with Crippen LogP contribution in [-0.4, -0.2) is 58.3 Å². The SMILES string of the molecule is CN1CCN(c2nc(Oc3ccc(F)cc3F)nc3[nH]nc(-c4ccccc4Cl)c23)CC1. The van der Waals surface area contributed by atoms with Gasteiger partial charge in [-0.2, -0.15) is 15.1 Å². The molecule has 32 heavy (non-hydrogen) atoms. The lowest BCUT2D eigenvalue weighted by Crippen LogP contribution is -2.45. The zero-order chi connectivity index (χ0) is 22.2. The molecule has 0 radical (unpaired) electrons. The minimum absolute atomic E-state index is 0.0636. The van der Waals surface area contributed by atoms with Gasteiger partial charge in [0.15, 0.2) is 17.2 Å². The van der Waals surface area contributed by atoms with E-state index in [0.29, 0.717) is 27.6 Å². The van der Waals surface area contributed by atoms with Crippen molar-refractivity contribution in [3.63, 3.8) is 0 Å². The van der Waals surface area contributed by atoms with E-state index >= 15 is 0 Å². The van der Waals surface area contributed by atoms with E-state index in [1.54, 1.807) is 6.07 Å². The van der Waals surface area contributed by atoms with Crippen LogP contribution >= 0.6 is 11.6 Å². The molecule has 1 aliphatic rings. The molecular formula is C22H19ClF2N6O. The second-order valence-electron chi connectivity index (χ2n) is 7.57. The topological polar surface area (TPSA) is 70.2 Å². The van der Waals surface area contributed by atoms with Crippen LogP contribution in [-0.2, 0) is 0 Å². The maximum Gasteiger partial charge on any atom is 0.326 e. The number of fused-ring (bicyclic) bond motifs is 1. The molecule has 2 aromatic carbocycles. The molecule has 4 aromatic rings. The molecule has 0 saturated carbocycles. The molecule has 0 aliphatic carbocycles. The van der Waals surface area contributed by atoms with Gasteiger partial charge in [0.2, 0.25) is 0 Å². The number of benzene rings is 2. The van der Waals surface area contributed by atoms with Crippen LogP contribution in [0.25, 0.3) is 22.3 Å². The summed E-state index contributed by atoms with van der Waals surface area (Å²) in [7, 11) is 2.06. The van der Waals surface area contributed by atoms with Gasteiger partial charge in [-0.05, 0) is 25.2 Å². The van der Waals surface area contributed by atoms with E-state index in [1.807, 2.05) is 18.2 Å². The summed E-state index contributed by atoms with van der Waals surface area (Å²) in [5.74, 6) is -1.08. The van der Waals surface area contributed by atoms with Crippen molar-refractivity contribution in [1.29, 1.82) is 0 Å². The first-order valence-electron chi connectivity index (χ1n) is 10.1. The summed E-state index contributed by atoms with van der Waals surface area (Å²) in [5, 5.41) is 8.63. The van der Waals surface area contributed by atoms with Gasteiger partial charge in [0.25, 0.3) is 0 Å². The number of rotatable bonds is 4. The van der Waals surface area contributed by atoms with Gasteiger partial charge < -0.3 is 14.5 Å². The Morgan fingerprint density at radius 3 is 2.56 bits per heavy atom. The molecule has 3 heterocycles. The summed E-state index contributed by atoms with van der Waals surface area (Å²) in [6, 6.07) is 10.4. The normalized spacial score (nSPS) is 14.8. The highest BCUT2D eigenvalue weighted by Gasteiger charge is 2.25. The monoisotopic (exact) mass is 456 g/mol. The molecule has 1 fully saturated rings. The number of hydrogen-bond donors (Lipinski definition) is 1. The highest BCUT2D eigenvalue weighted by atomic mass is 35.5. The third kappa shape index (κ3) is 3.85. The Kier molecular flexibility index (Phi) is 5.36. The third-order valence-corrected chi connectivity index (χ3v) is 5.74. The Hall–Kier alpha value is -3.30. The van der Waals surface area contributed by atoms with Crippen molar-refractivity contribution in [3.8, 4) is 23.0 Å². The van der Waals surface area contributed by atoms with E-state index in [4.69, 9.17) is 16.3 Å². The number of nitrogens with zero attached hydrogens (tertiary/aromatic N) is 5. The van der Waals surface area contributed by atoms with E-state index in [9.17, 15) is 8.78 Å². The van der Waals surface area contributed by atoms with Crippen LogP contribution < -0.4 is 9.64 Å². The lowest BCUT2D eigenvalue weighted by molar-refractivity contribution is 0.312. The number of piperazine rings is 1. The fourth-order valence-electron chi connectivity index (χ4n) is 3.69. The first-order chi connectivity index (χ1) is 15.5. The second kappa shape index (κ2) is 8.33. The number of anilines is 1. The number of ether oxygens (including phenoxy) is 1. The molecule has 1 aliphatic heterocycles. The van der Waals surface area contributed by atoms with Crippen LogP contribution in [0, 0.1) is 11.6 Å². The van der Waals surface area contributed by atoms with Gasteiger partial charge in [0.05, 0.1) is 10.4 Å². The largest absolute Gasteiger partial charge is 0.421 e. The fourth-order valence-corrected chi connectivity index (χ4v) is 3.92. The summed E-state index contributed by atoms with van der Waals surface area (Å²) < 4.78 is 33.0. The van der Waals surface area contributed by atoms with Gasteiger partial charge in [-0.1, -0.05) is 29.8 Å². The van der Waals surface area contributed by atoms with Gasteiger partial charge in [-0.15, -0.1) is 0 Å². The van der Waals surface area contributed by atoms with Crippen molar-refractivity contribution in [2.24, 2.45) is 0 Å². The van der Waals surface area contributed by atoms with E-state index in [2.05, 4.69) is 37.0 Å². The minimum atomic E-state index is -0.837. The Morgan fingerprint density at radius 2 is 1.81 bits per heavy atom. The van der Waals surface area contributed by atoms with Crippen LogP contribution in [0.5, 0.6) is 11.8 Å². The van der Waals surface area contributed by atoms with Gasteiger partial charge in [-0.25, -0.2) is 8.78 Å². The predicted molar refractivity (Wildman–Crippen MR) is 118 cm³/mol. The molecule has 1 saturated heterocycles. The van der Waals surface area contributed by atoms with E-state index in [0.717, 1.165) is 43.9 Å². The molecule has 0 unspecified atom stereocenters. The van der Waals surface area contributed by atoms with Crippen molar-refractivity contribution in [2.45, 2.75) is 0 Å². The molecule has 7 nitrogen and oxygen atoms in total. The van der Waals surface area contributed by atoms with Crippen LogP contribution in [0.15, 0.2) is 42.5 Å². The van der Waals surface area contributed by atoms with Crippen molar-refractivity contribution in [3.05, 3.63) is 59.1 Å². The zero-order valence-corrected chi connectivity index (χ0v) is 17.9. The maximum atomic E-state index is 14.1. The number of nitrogens with one attached hydrogen (secondary N) is 1. The summed E-state index contributed by atoms with van der Waals surface area (Å²) in [4.78, 5) is 13.3.